The van der Waals surface area contributed by atoms with E-state index in [4.69, 9.17) is 23.7 Å². The average Bonchev–Trinajstić information content (AvgIpc) is 3.00. The van der Waals surface area contributed by atoms with Crippen LogP contribution in [0.25, 0.3) is 6.08 Å². The van der Waals surface area contributed by atoms with Crippen LogP contribution >= 0.6 is 0 Å². The third kappa shape index (κ3) is 6.29. The van der Waals surface area contributed by atoms with Gasteiger partial charge in [-0.15, -0.1) is 0 Å². The Labute approximate surface area is 236 Å². The fourth-order valence-corrected chi connectivity index (χ4v) is 5.02. The highest BCUT2D eigenvalue weighted by Gasteiger charge is 2.29. The first-order valence-corrected chi connectivity index (χ1v) is 14.0. The number of hydrogen-bond donors (Lipinski definition) is 0. The Kier molecular flexibility index (Phi) is 9.79. The molecule has 4 rings (SSSR count). The fourth-order valence-electron chi connectivity index (χ4n) is 5.02. The molecule has 0 saturated carbocycles. The van der Waals surface area contributed by atoms with Crippen molar-refractivity contribution in [2.45, 2.75) is 39.5 Å². The normalized spacial score (nSPS) is 14.7. The van der Waals surface area contributed by atoms with Gasteiger partial charge in [-0.05, 0) is 67.2 Å². The Morgan fingerprint density at radius 1 is 0.700 bits per heavy atom. The van der Waals surface area contributed by atoms with E-state index in [1.54, 1.807) is 17.0 Å². The highest BCUT2D eigenvalue weighted by atomic mass is 16.5. The number of piperazine rings is 1. The molecule has 40 heavy (non-hydrogen) atoms. The molecule has 0 spiro atoms. The molecular formula is C31H40N2O7. The number of fused-ring (bicyclic) bond motifs is 1. The van der Waals surface area contributed by atoms with E-state index < -0.39 is 0 Å². The molecule has 216 valence electrons. The van der Waals surface area contributed by atoms with Crippen LogP contribution in [-0.4, -0.2) is 82.3 Å². The smallest absolute Gasteiger partial charge is 0.254 e. The first kappa shape index (κ1) is 29.1. The minimum atomic E-state index is -0.141. The van der Waals surface area contributed by atoms with E-state index in [1.807, 2.05) is 17.0 Å². The van der Waals surface area contributed by atoms with Crippen molar-refractivity contribution in [3.05, 3.63) is 46.5 Å². The molecule has 1 aliphatic heterocycles. The van der Waals surface area contributed by atoms with Crippen LogP contribution in [0.3, 0.4) is 0 Å². The summed E-state index contributed by atoms with van der Waals surface area (Å²) in [6.07, 6.45) is 5.24. The Bertz CT molecular complexity index is 1220. The van der Waals surface area contributed by atoms with E-state index in [0.29, 0.717) is 68.6 Å². The molecule has 0 N–H and O–H groups in total. The van der Waals surface area contributed by atoms with E-state index in [1.165, 1.54) is 21.3 Å². The lowest BCUT2D eigenvalue weighted by Gasteiger charge is -2.35. The lowest BCUT2D eigenvalue weighted by Crippen LogP contribution is -2.51. The summed E-state index contributed by atoms with van der Waals surface area (Å²) in [6, 6.07) is 7.36. The summed E-state index contributed by atoms with van der Waals surface area (Å²) >= 11 is 0. The molecule has 9 nitrogen and oxygen atoms in total. The van der Waals surface area contributed by atoms with Crippen LogP contribution in [0.1, 0.15) is 54.6 Å². The second kappa shape index (κ2) is 13.5. The van der Waals surface area contributed by atoms with Crippen molar-refractivity contribution in [1.29, 1.82) is 0 Å². The van der Waals surface area contributed by atoms with Crippen molar-refractivity contribution in [3.8, 4) is 28.7 Å². The lowest BCUT2D eigenvalue weighted by molar-refractivity contribution is -0.128. The van der Waals surface area contributed by atoms with Gasteiger partial charge >= 0.3 is 0 Å². The van der Waals surface area contributed by atoms with Crippen molar-refractivity contribution in [3.63, 3.8) is 0 Å². The highest BCUT2D eigenvalue weighted by molar-refractivity contribution is 5.99. The summed E-state index contributed by atoms with van der Waals surface area (Å²) in [5.41, 5.74) is 3.39. The molecular weight excluding hydrogens is 512 g/mol. The molecule has 1 saturated heterocycles. The van der Waals surface area contributed by atoms with Crippen molar-refractivity contribution in [2.75, 3.05) is 60.7 Å². The van der Waals surface area contributed by atoms with Crippen molar-refractivity contribution in [2.24, 2.45) is 0 Å². The number of methoxy groups -OCH3 is 3. The molecule has 0 bridgehead atoms. The number of ether oxygens (including phenoxy) is 5. The molecule has 0 atom stereocenters. The van der Waals surface area contributed by atoms with E-state index in [-0.39, 0.29) is 11.8 Å². The Morgan fingerprint density at radius 2 is 1.25 bits per heavy atom. The number of hydrogen-bond acceptors (Lipinski definition) is 7. The molecule has 1 fully saturated rings. The first-order chi connectivity index (χ1) is 19.4. The van der Waals surface area contributed by atoms with Crippen LogP contribution in [0, 0.1) is 0 Å². The van der Waals surface area contributed by atoms with Crippen LogP contribution < -0.4 is 23.7 Å². The summed E-state index contributed by atoms with van der Waals surface area (Å²) in [7, 11) is 4.57. The molecule has 2 amide bonds. The van der Waals surface area contributed by atoms with Gasteiger partial charge in [0.2, 0.25) is 11.7 Å². The maximum Gasteiger partial charge on any atom is 0.254 e. The number of amides is 2. The Balaban J connectivity index is 1.44. The van der Waals surface area contributed by atoms with Crippen molar-refractivity contribution < 1.29 is 33.3 Å². The maximum atomic E-state index is 13.5. The predicted molar refractivity (Wildman–Crippen MR) is 153 cm³/mol. The largest absolute Gasteiger partial charge is 0.493 e. The number of nitrogens with zero attached hydrogens (tertiary/aromatic N) is 2. The Morgan fingerprint density at radius 3 is 1.77 bits per heavy atom. The van der Waals surface area contributed by atoms with Gasteiger partial charge in [-0.1, -0.05) is 13.8 Å². The summed E-state index contributed by atoms with van der Waals surface area (Å²) < 4.78 is 28.1. The van der Waals surface area contributed by atoms with Crippen LogP contribution in [0.2, 0.25) is 0 Å². The molecule has 0 aromatic heterocycles. The summed E-state index contributed by atoms with van der Waals surface area (Å²) in [5.74, 6) is 2.66. The lowest BCUT2D eigenvalue weighted by atomic mass is 9.91. The van der Waals surface area contributed by atoms with Gasteiger partial charge in [0.1, 0.15) is 0 Å². The third-order valence-electron chi connectivity index (χ3n) is 7.16. The van der Waals surface area contributed by atoms with Gasteiger partial charge in [-0.2, -0.15) is 0 Å². The van der Waals surface area contributed by atoms with Gasteiger partial charge in [0.15, 0.2) is 23.0 Å². The second-order valence-electron chi connectivity index (χ2n) is 9.86. The summed E-state index contributed by atoms with van der Waals surface area (Å²) in [5, 5.41) is 0. The molecule has 0 unspecified atom stereocenters. The zero-order valence-electron chi connectivity index (χ0n) is 24.2. The van der Waals surface area contributed by atoms with Crippen LogP contribution in [0.15, 0.2) is 29.8 Å². The zero-order valence-corrected chi connectivity index (χ0v) is 24.2. The first-order valence-electron chi connectivity index (χ1n) is 14.0. The van der Waals surface area contributed by atoms with E-state index in [2.05, 4.69) is 19.9 Å². The number of benzene rings is 2. The standard InChI is InChI=1S/C31H40N2O7/c1-6-14-39-25-17-21-8-9-22(16-23(21)18-26(25)40-15-7-2)30(34)32-10-12-33(13-11-32)31(35)24-19-27(36-3)29(38-5)28(20-24)37-4/h16-20H,6-15H2,1-5H3. The monoisotopic (exact) mass is 552 g/mol. The summed E-state index contributed by atoms with van der Waals surface area (Å²) in [4.78, 5) is 30.3. The number of carbonyl (C=O) groups is 2. The van der Waals surface area contributed by atoms with Gasteiger partial charge in [0, 0.05) is 37.3 Å². The summed E-state index contributed by atoms with van der Waals surface area (Å²) in [6.45, 7) is 7.21. The fraction of sp³-hybridized carbons (Fsp3) is 0.484. The van der Waals surface area contributed by atoms with E-state index in [0.717, 1.165) is 47.5 Å². The number of aryl methyl sites for hydroxylation is 1. The average molecular weight is 553 g/mol. The van der Waals surface area contributed by atoms with Crippen LogP contribution in [-0.2, 0) is 11.2 Å². The predicted octanol–water partition coefficient (Wildman–Crippen LogP) is 4.60. The van der Waals surface area contributed by atoms with E-state index >= 15 is 0 Å². The van der Waals surface area contributed by atoms with Gasteiger partial charge < -0.3 is 33.5 Å². The van der Waals surface area contributed by atoms with Gasteiger partial charge in [0.25, 0.3) is 5.91 Å². The molecule has 1 aliphatic carbocycles. The third-order valence-corrected chi connectivity index (χ3v) is 7.16. The molecule has 0 radical (unpaired) electrons. The molecule has 2 aromatic rings. The number of carbonyl (C=O) groups excluding carboxylic acids is 2. The quantitative estimate of drug-likeness (QED) is 0.403. The van der Waals surface area contributed by atoms with E-state index in [9.17, 15) is 9.59 Å². The van der Waals surface area contributed by atoms with Crippen molar-refractivity contribution in [1.82, 2.24) is 9.80 Å². The minimum Gasteiger partial charge on any atom is -0.493 e. The SMILES string of the molecule is CCCOc1cc2c(cc1OCCC)CCC(C(=O)N1CCN(C(=O)c3cc(OC)c(OC)c(OC)c3)CC1)=C2. The Hall–Kier alpha value is -3.88. The second-order valence-corrected chi connectivity index (χ2v) is 9.86. The van der Waals surface area contributed by atoms with Gasteiger partial charge in [-0.3, -0.25) is 9.59 Å². The van der Waals surface area contributed by atoms with Crippen LogP contribution in [0.5, 0.6) is 28.7 Å². The zero-order chi connectivity index (χ0) is 28.6. The van der Waals surface area contributed by atoms with Crippen molar-refractivity contribution >= 4 is 17.9 Å². The molecule has 9 heteroatoms. The highest BCUT2D eigenvalue weighted by Crippen LogP contribution is 2.39. The van der Waals surface area contributed by atoms with Gasteiger partial charge in [0.05, 0.1) is 34.5 Å². The number of rotatable bonds is 11. The topological polar surface area (TPSA) is 86.8 Å². The molecule has 2 aromatic carbocycles. The molecule has 2 aliphatic rings. The van der Waals surface area contributed by atoms with Crippen LogP contribution in [0.4, 0.5) is 0 Å². The maximum absolute atomic E-state index is 13.5. The van der Waals surface area contributed by atoms with Gasteiger partial charge in [-0.25, -0.2) is 0 Å². The minimum absolute atomic E-state index is 0.0212. The molecule has 1 heterocycles.